The Kier molecular flexibility index (Phi) is 4.03. The minimum absolute atomic E-state index is 0.329. The Hall–Kier alpha value is -2.17. The molecule has 5 heteroatoms. The topological polar surface area (TPSA) is 67.9 Å². The van der Waals surface area contributed by atoms with Crippen molar-refractivity contribution in [3.05, 3.63) is 37.1 Å². The molecule has 0 amide bonds. The number of hydrogen-bond acceptors (Lipinski definition) is 4. The molecule has 0 fully saturated rings. The minimum atomic E-state index is -0.329. The summed E-state index contributed by atoms with van der Waals surface area (Å²) in [5.41, 5.74) is 1.90. The zero-order valence-corrected chi connectivity index (χ0v) is 8.30. The molecule has 15 heavy (non-hydrogen) atoms. The summed E-state index contributed by atoms with van der Waals surface area (Å²) >= 11 is 0. The van der Waals surface area contributed by atoms with Gasteiger partial charge in [0, 0.05) is 6.92 Å². The van der Waals surface area contributed by atoms with Crippen LogP contribution >= 0.6 is 0 Å². The van der Waals surface area contributed by atoms with E-state index in [1.807, 2.05) is 24.3 Å². The van der Waals surface area contributed by atoms with E-state index in [-0.39, 0.29) is 5.97 Å². The van der Waals surface area contributed by atoms with E-state index < -0.39 is 0 Å². The SMILES string of the molecule is C=COC(C)=O.c1ccc2[nH]nnc2c1. The van der Waals surface area contributed by atoms with Gasteiger partial charge in [-0.2, -0.15) is 0 Å². The second kappa shape index (κ2) is 5.54. The van der Waals surface area contributed by atoms with Crippen molar-refractivity contribution >= 4 is 17.0 Å². The summed E-state index contributed by atoms with van der Waals surface area (Å²) in [5.74, 6) is -0.329. The van der Waals surface area contributed by atoms with Gasteiger partial charge in [-0.05, 0) is 12.1 Å². The molecular weight excluding hydrogens is 194 g/mol. The highest BCUT2D eigenvalue weighted by atomic mass is 16.5. The predicted octanol–water partition coefficient (Wildman–Crippen LogP) is 1.65. The van der Waals surface area contributed by atoms with Gasteiger partial charge in [0.1, 0.15) is 5.52 Å². The number of nitrogens with one attached hydrogen (secondary N) is 1. The van der Waals surface area contributed by atoms with Gasteiger partial charge in [0.2, 0.25) is 0 Å². The zero-order valence-electron chi connectivity index (χ0n) is 8.30. The zero-order chi connectivity index (χ0) is 11.1. The summed E-state index contributed by atoms with van der Waals surface area (Å²) in [7, 11) is 0. The van der Waals surface area contributed by atoms with Crippen LogP contribution in [0, 0.1) is 0 Å². The summed E-state index contributed by atoms with van der Waals surface area (Å²) in [6.07, 6.45) is 1.10. The van der Waals surface area contributed by atoms with Crippen LogP contribution in [0.5, 0.6) is 0 Å². The number of rotatable bonds is 1. The molecule has 1 heterocycles. The van der Waals surface area contributed by atoms with Gasteiger partial charge >= 0.3 is 5.97 Å². The Morgan fingerprint density at radius 1 is 1.53 bits per heavy atom. The Balaban J connectivity index is 0.000000167. The summed E-state index contributed by atoms with van der Waals surface area (Å²) in [6.45, 7) is 4.48. The van der Waals surface area contributed by atoms with Gasteiger partial charge in [-0.25, -0.2) is 0 Å². The van der Waals surface area contributed by atoms with Crippen molar-refractivity contribution in [1.82, 2.24) is 15.4 Å². The smallest absolute Gasteiger partial charge is 0.307 e. The number of aromatic nitrogens is 3. The number of aromatic amines is 1. The number of nitrogens with zero attached hydrogens (tertiary/aromatic N) is 2. The molecule has 2 rings (SSSR count). The lowest BCUT2D eigenvalue weighted by molar-refractivity contribution is -0.135. The largest absolute Gasteiger partial charge is 0.435 e. The molecule has 0 atom stereocenters. The van der Waals surface area contributed by atoms with Crippen LogP contribution in [0.4, 0.5) is 0 Å². The van der Waals surface area contributed by atoms with Crippen molar-refractivity contribution in [2.24, 2.45) is 0 Å². The number of carbonyl (C=O) groups is 1. The number of fused-ring (bicyclic) bond motifs is 1. The standard InChI is InChI=1S/C6H5N3.C4H6O2/c1-2-4-6-5(3-1)7-9-8-6;1-3-6-4(2)5/h1-4H,(H,7,8,9);3H,1H2,2H3. The number of benzene rings is 1. The average molecular weight is 205 g/mol. The minimum Gasteiger partial charge on any atom is -0.435 e. The lowest BCUT2D eigenvalue weighted by Gasteiger charge is -1.83. The molecule has 0 aliphatic heterocycles. The molecule has 2 aromatic rings. The molecule has 0 saturated heterocycles. The first kappa shape index (κ1) is 10.9. The van der Waals surface area contributed by atoms with Crippen molar-refractivity contribution in [1.29, 1.82) is 0 Å². The maximum atomic E-state index is 9.75. The van der Waals surface area contributed by atoms with Crippen molar-refractivity contribution in [2.75, 3.05) is 0 Å². The number of H-pyrrole nitrogens is 1. The molecule has 78 valence electrons. The average Bonchev–Trinajstić information content (AvgIpc) is 2.65. The molecule has 5 nitrogen and oxygen atoms in total. The number of hydrogen-bond donors (Lipinski definition) is 1. The first-order valence-corrected chi connectivity index (χ1v) is 4.28. The third-order valence-electron chi connectivity index (χ3n) is 1.48. The Bertz CT molecular complexity index is 420. The molecule has 0 spiro atoms. The van der Waals surface area contributed by atoms with Gasteiger partial charge in [0.15, 0.2) is 0 Å². The highest BCUT2D eigenvalue weighted by Gasteiger charge is 1.90. The van der Waals surface area contributed by atoms with E-state index in [4.69, 9.17) is 0 Å². The summed E-state index contributed by atoms with van der Waals surface area (Å²) < 4.78 is 4.17. The highest BCUT2D eigenvalue weighted by Crippen LogP contribution is 2.03. The van der Waals surface area contributed by atoms with E-state index in [0.717, 1.165) is 17.3 Å². The van der Waals surface area contributed by atoms with Gasteiger partial charge < -0.3 is 4.74 Å². The molecule has 0 aliphatic carbocycles. The fourth-order valence-electron chi connectivity index (χ4n) is 0.905. The molecule has 1 aromatic carbocycles. The van der Waals surface area contributed by atoms with E-state index in [0.29, 0.717) is 0 Å². The van der Waals surface area contributed by atoms with Crippen LogP contribution in [0.3, 0.4) is 0 Å². The van der Waals surface area contributed by atoms with Crippen molar-refractivity contribution in [2.45, 2.75) is 6.92 Å². The normalized spacial score (nSPS) is 8.87. The molecular formula is C10H11N3O2. The van der Waals surface area contributed by atoms with Crippen LogP contribution in [0.1, 0.15) is 6.92 Å². The Morgan fingerprint density at radius 3 is 2.80 bits per heavy atom. The summed E-state index contributed by atoms with van der Waals surface area (Å²) in [5, 5.41) is 10.2. The van der Waals surface area contributed by atoms with E-state index in [2.05, 4.69) is 26.7 Å². The molecule has 0 aliphatic rings. The van der Waals surface area contributed by atoms with Crippen molar-refractivity contribution in [3.8, 4) is 0 Å². The lowest BCUT2D eigenvalue weighted by Crippen LogP contribution is -1.87. The number of ether oxygens (including phenoxy) is 1. The van der Waals surface area contributed by atoms with Gasteiger partial charge in [-0.15, -0.1) is 5.10 Å². The van der Waals surface area contributed by atoms with Gasteiger partial charge in [-0.3, -0.25) is 9.89 Å². The summed E-state index contributed by atoms with van der Waals surface area (Å²) in [4.78, 5) is 9.75. The molecule has 0 saturated carbocycles. The molecule has 0 radical (unpaired) electrons. The van der Waals surface area contributed by atoms with E-state index in [1.54, 1.807) is 0 Å². The first-order chi connectivity index (χ1) is 7.24. The second-order valence-corrected chi connectivity index (χ2v) is 2.61. The third-order valence-corrected chi connectivity index (χ3v) is 1.48. The van der Waals surface area contributed by atoms with Crippen LogP contribution < -0.4 is 0 Å². The van der Waals surface area contributed by atoms with Crippen LogP contribution in [-0.4, -0.2) is 21.4 Å². The predicted molar refractivity (Wildman–Crippen MR) is 55.9 cm³/mol. The molecule has 0 bridgehead atoms. The highest BCUT2D eigenvalue weighted by molar-refractivity contribution is 5.72. The third kappa shape index (κ3) is 3.60. The van der Waals surface area contributed by atoms with Crippen LogP contribution in [0.2, 0.25) is 0 Å². The van der Waals surface area contributed by atoms with Gasteiger partial charge in [-0.1, -0.05) is 23.9 Å². The maximum absolute atomic E-state index is 9.75. The molecule has 1 N–H and O–H groups in total. The number of carbonyl (C=O) groups excluding carboxylic acids is 1. The second-order valence-electron chi connectivity index (χ2n) is 2.61. The fourth-order valence-corrected chi connectivity index (χ4v) is 0.905. The molecule has 0 unspecified atom stereocenters. The van der Waals surface area contributed by atoms with E-state index >= 15 is 0 Å². The van der Waals surface area contributed by atoms with Gasteiger partial charge in [0.25, 0.3) is 0 Å². The Labute approximate surface area is 86.7 Å². The van der Waals surface area contributed by atoms with Crippen LogP contribution in [0.15, 0.2) is 37.1 Å². The van der Waals surface area contributed by atoms with Crippen LogP contribution in [-0.2, 0) is 9.53 Å². The molecule has 1 aromatic heterocycles. The van der Waals surface area contributed by atoms with Crippen LogP contribution in [0.25, 0.3) is 11.0 Å². The number of para-hydroxylation sites is 1. The maximum Gasteiger partial charge on any atom is 0.307 e. The fraction of sp³-hybridized carbons (Fsp3) is 0.100. The Morgan fingerprint density at radius 2 is 2.27 bits per heavy atom. The lowest BCUT2D eigenvalue weighted by atomic mass is 10.3. The quantitative estimate of drug-likeness (QED) is 0.567. The van der Waals surface area contributed by atoms with Gasteiger partial charge in [0.05, 0.1) is 11.8 Å². The van der Waals surface area contributed by atoms with E-state index in [1.165, 1.54) is 6.92 Å². The first-order valence-electron chi connectivity index (χ1n) is 4.28. The number of esters is 1. The summed E-state index contributed by atoms with van der Waals surface area (Å²) in [6, 6.07) is 7.74. The monoisotopic (exact) mass is 205 g/mol. The van der Waals surface area contributed by atoms with Crippen molar-refractivity contribution in [3.63, 3.8) is 0 Å². The van der Waals surface area contributed by atoms with Crippen molar-refractivity contribution < 1.29 is 9.53 Å². The van der Waals surface area contributed by atoms with E-state index in [9.17, 15) is 4.79 Å².